The molecule has 1 heterocycles. The van der Waals surface area contributed by atoms with Crippen molar-refractivity contribution in [2.24, 2.45) is 5.92 Å². The second-order valence-electron chi connectivity index (χ2n) is 3.88. The van der Waals surface area contributed by atoms with Crippen LogP contribution in [0.3, 0.4) is 0 Å². The molecule has 2 atom stereocenters. The van der Waals surface area contributed by atoms with Crippen molar-refractivity contribution in [1.29, 1.82) is 0 Å². The summed E-state index contributed by atoms with van der Waals surface area (Å²) in [5.74, 6) is 0.891. The molecule has 70 valence electrons. The van der Waals surface area contributed by atoms with E-state index >= 15 is 0 Å². The van der Waals surface area contributed by atoms with E-state index in [2.05, 4.69) is 19.2 Å². The van der Waals surface area contributed by atoms with E-state index in [9.17, 15) is 4.39 Å². The van der Waals surface area contributed by atoms with E-state index in [1.165, 1.54) is 6.07 Å². The van der Waals surface area contributed by atoms with Gasteiger partial charge < -0.3 is 5.32 Å². The number of anilines is 1. The van der Waals surface area contributed by atoms with Crippen LogP contribution in [0.15, 0.2) is 18.2 Å². The third-order valence-electron chi connectivity index (χ3n) is 2.97. The molecule has 13 heavy (non-hydrogen) atoms. The van der Waals surface area contributed by atoms with Gasteiger partial charge >= 0.3 is 0 Å². The molecule has 2 rings (SSSR count). The Labute approximate surface area is 78.0 Å². The molecule has 0 saturated heterocycles. The Morgan fingerprint density at radius 2 is 2.15 bits per heavy atom. The van der Waals surface area contributed by atoms with Crippen LogP contribution in [-0.2, 0) is 0 Å². The number of hydrogen-bond donors (Lipinski definition) is 1. The van der Waals surface area contributed by atoms with E-state index in [0.717, 1.165) is 17.8 Å². The molecule has 0 fully saturated rings. The van der Waals surface area contributed by atoms with Crippen LogP contribution >= 0.6 is 0 Å². The van der Waals surface area contributed by atoms with Crippen LogP contribution in [0.5, 0.6) is 0 Å². The highest BCUT2D eigenvalue weighted by Crippen LogP contribution is 2.34. The van der Waals surface area contributed by atoms with Gasteiger partial charge in [0.25, 0.3) is 0 Å². The minimum atomic E-state index is -0.137. The van der Waals surface area contributed by atoms with Gasteiger partial charge in [0.2, 0.25) is 0 Å². The Morgan fingerprint density at radius 1 is 1.38 bits per heavy atom. The van der Waals surface area contributed by atoms with Crippen molar-refractivity contribution in [3.05, 3.63) is 29.6 Å². The van der Waals surface area contributed by atoms with Gasteiger partial charge in [0.05, 0.1) is 0 Å². The molecule has 0 saturated carbocycles. The van der Waals surface area contributed by atoms with Gasteiger partial charge in [-0.05, 0) is 35.6 Å². The molecular weight excluding hydrogens is 165 g/mol. The average Bonchev–Trinajstić information content (AvgIpc) is 2.12. The lowest BCUT2D eigenvalue weighted by molar-refractivity contribution is 0.493. The fourth-order valence-electron chi connectivity index (χ4n) is 1.83. The SMILES string of the molecule is CC1CNc2ccc(F)cc2C1C. The minimum absolute atomic E-state index is 0.137. The van der Waals surface area contributed by atoms with E-state index in [1.54, 1.807) is 6.07 Å². The standard InChI is InChI=1S/C11H14FN/c1-7-6-13-11-4-3-9(12)5-10(11)8(7)2/h3-5,7-8,13H,6H2,1-2H3. The summed E-state index contributed by atoms with van der Waals surface area (Å²) >= 11 is 0. The van der Waals surface area contributed by atoms with Crippen LogP contribution in [0.1, 0.15) is 25.3 Å². The van der Waals surface area contributed by atoms with Crippen LogP contribution in [0.25, 0.3) is 0 Å². The summed E-state index contributed by atoms with van der Waals surface area (Å²) in [7, 11) is 0. The first-order valence-electron chi connectivity index (χ1n) is 4.72. The highest BCUT2D eigenvalue weighted by molar-refractivity contribution is 5.55. The Hall–Kier alpha value is -1.05. The molecule has 2 heteroatoms. The van der Waals surface area contributed by atoms with Gasteiger partial charge in [-0.3, -0.25) is 0 Å². The van der Waals surface area contributed by atoms with E-state index in [-0.39, 0.29) is 5.82 Å². The van der Waals surface area contributed by atoms with Crippen molar-refractivity contribution in [3.8, 4) is 0 Å². The fraction of sp³-hybridized carbons (Fsp3) is 0.455. The predicted molar refractivity (Wildman–Crippen MR) is 52.5 cm³/mol. The summed E-state index contributed by atoms with van der Waals surface area (Å²) < 4.78 is 13.0. The van der Waals surface area contributed by atoms with Gasteiger partial charge in [-0.1, -0.05) is 13.8 Å². The third kappa shape index (κ3) is 1.41. The van der Waals surface area contributed by atoms with Crippen LogP contribution in [0, 0.1) is 11.7 Å². The number of nitrogens with one attached hydrogen (secondary N) is 1. The quantitative estimate of drug-likeness (QED) is 0.645. The maximum Gasteiger partial charge on any atom is 0.123 e. The van der Waals surface area contributed by atoms with Gasteiger partial charge in [0.1, 0.15) is 5.82 Å². The molecule has 1 aromatic carbocycles. The Bertz CT molecular complexity index is 322. The molecule has 0 aliphatic carbocycles. The zero-order valence-corrected chi connectivity index (χ0v) is 7.97. The summed E-state index contributed by atoms with van der Waals surface area (Å²) in [5, 5.41) is 3.30. The largest absolute Gasteiger partial charge is 0.385 e. The zero-order valence-electron chi connectivity index (χ0n) is 7.97. The number of halogens is 1. The van der Waals surface area contributed by atoms with Gasteiger partial charge in [-0.25, -0.2) is 4.39 Å². The highest BCUT2D eigenvalue weighted by atomic mass is 19.1. The molecule has 0 spiro atoms. The van der Waals surface area contributed by atoms with Crippen molar-refractivity contribution < 1.29 is 4.39 Å². The fourth-order valence-corrected chi connectivity index (χ4v) is 1.83. The lowest BCUT2D eigenvalue weighted by Gasteiger charge is -2.29. The lowest BCUT2D eigenvalue weighted by Crippen LogP contribution is -2.23. The summed E-state index contributed by atoms with van der Waals surface area (Å²) in [6.07, 6.45) is 0. The molecule has 2 unspecified atom stereocenters. The summed E-state index contributed by atoms with van der Waals surface area (Å²) in [6, 6.07) is 4.98. The Morgan fingerprint density at radius 3 is 2.92 bits per heavy atom. The predicted octanol–water partition coefficient (Wildman–Crippen LogP) is 2.99. The van der Waals surface area contributed by atoms with E-state index in [4.69, 9.17) is 0 Å². The topological polar surface area (TPSA) is 12.0 Å². The smallest absolute Gasteiger partial charge is 0.123 e. The van der Waals surface area contributed by atoms with Crippen molar-refractivity contribution in [2.45, 2.75) is 19.8 Å². The van der Waals surface area contributed by atoms with E-state index < -0.39 is 0 Å². The van der Waals surface area contributed by atoms with Gasteiger partial charge in [0, 0.05) is 12.2 Å². The first-order chi connectivity index (χ1) is 6.18. The zero-order chi connectivity index (χ0) is 9.42. The van der Waals surface area contributed by atoms with Crippen molar-refractivity contribution >= 4 is 5.69 Å². The van der Waals surface area contributed by atoms with Crippen molar-refractivity contribution in [3.63, 3.8) is 0 Å². The molecule has 0 radical (unpaired) electrons. The number of benzene rings is 1. The second-order valence-corrected chi connectivity index (χ2v) is 3.88. The van der Waals surface area contributed by atoms with Gasteiger partial charge in [-0.15, -0.1) is 0 Å². The van der Waals surface area contributed by atoms with Crippen LogP contribution in [0.2, 0.25) is 0 Å². The number of hydrogen-bond acceptors (Lipinski definition) is 1. The average molecular weight is 179 g/mol. The molecule has 1 aromatic rings. The lowest BCUT2D eigenvalue weighted by atomic mass is 9.85. The van der Waals surface area contributed by atoms with Gasteiger partial charge in [-0.2, -0.15) is 0 Å². The summed E-state index contributed by atoms with van der Waals surface area (Å²) in [5.41, 5.74) is 2.20. The van der Waals surface area contributed by atoms with Crippen LogP contribution < -0.4 is 5.32 Å². The first kappa shape index (κ1) is 8.54. The van der Waals surface area contributed by atoms with E-state index in [0.29, 0.717) is 11.8 Å². The first-order valence-corrected chi connectivity index (χ1v) is 4.72. The molecule has 1 aliphatic heterocycles. The number of fused-ring (bicyclic) bond motifs is 1. The van der Waals surface area contributed by atoms with Crippen molar-refractivity contribution in [1.82, 2.24) is 0 Å². The Kier molecular flexibility index (Phi) is 1.98. The summed E-state index contributed by atoms with van der Waals surface area (Å²) in [6.45, 7) is 5.33. The molecule has 0 amide bonds. The van der Waals surface area contributed by atoms with Gasteiger partial charge in [0.15, 0.2) is 0 Å². The maximum absolute atomic E-state index is 13.0. The highest BCUT2D eigenvalue weighted by Gasteiger charge is 2.22. The minimum Gasteiger partial charge on any atom is -0.385 e. The Balaban J connectivity index is 2.45. The molecule has 1 aliphatic rings. The van der Waals surface area contributed by atoms with Crippen LogP contribution in [0.4, 0.5) is 10.1 Å². The third-order valence-corrected chi connectivity index (χ3v) is 2.97. The van der Waals surface area contributed by atoms with E-state index in [1.807, 2.05) is 6.07 Å². The molecule has 0 bridgehead atoms. The van der Waals surface area contributed by atoms with Crippen molar-refractivity contribution in [2.75, 3.05) is 11.9 Å². The molecule has 1 nitrogen and oxygen atoms in total. The van der Waals surface area contributed by atoms with Crippen LogP contribution in [-0.4, -0.2) is 6.54 Å². The molecule has 0 aromatic heterocycles. The normalized spacial score (nSPS) is 26.4. The summed E-state index contributed by atoms with van der Waals surface area (Å²) in [4.78, 5) is 0. The maximum atomic E-state index is 13.0. The molecule has 1 N–H and O–H groups in total. The number of rotatable bonds is 0. The monoisotopic (exact) mass is 179 g/mol. The molecular formula is C11H14FN. The second kappa shape index (κ2) is 3.02.